The average Bonchev–Trinajstić information content (AvgIpc) is 2.46. The number of unbranched alkanes of at least 4 members (excludes halogenated alkanes) is 1. The van der Waals surface area contributed by atoms with Crippen LogP contribution in [0.4, 0.5) is 0 Å². The van der Waals surface area contributed by atoms with Crippen LogP contribution in [0.25, 0.3) is 0 Å². The largest absolute Gasteiger partial charge is 0.356 e. The van der Waals surface area contributed by atoms with E-state index in [1.165, 1.54) is 19.4 Å². The molecule has 0 aliphatic carbocycles. The lowest BCUT2D eigenvalue weighted by Crippen LogP contribution is -2.36. The molecule has 1 aliphatic rings. The summed E-state index contributed by atoms with van der Waals surface area (Å²) < 4.78 is 0. The molecule has 0 N–H and O–H groups in total. The smallest absolute Gasteiger partial charge is 0.0980 e. The van der Waals surface area contributed by atoms with Crippen molar-refractivity contribution < 1.29 is 0 Å². The fourth-order valence-corrected chi connectivity index (χ4v) is 1.58. The molecule has 0 saturated heterocycles. The summed E-state index contributed by atoms with van der Waals surface area (Å²) in [5.41, 5.74) is 0. The molecule has 0 spiro atoms. The van der Waals surface area contributed by atoms with Gasteiger partial charge in [0.25, 0.3) is 0 Å². The molecule has 0 fully saturated rings. The topological polar surface area (TPSA) is 6.48 Å². The number of hydrogen-bond donors (Lipinski definition) is 0. The van der Waals surface area contributed by atoms with Crippen LogP contribution in [-0.2, 0) is 0 Å². The Balaban J connectivity index is 2.36. The van der Waals surface area contributed by atoms with Gasteiger partial charge < -0.3 is 9.80 Å². The molecule has 0 amide bonds. The van der Waals surface area contributed by atoms with E-state index in [1.54, 1.807) is 0 Å². The van der Waals surface area contributed by atoms with E-state index < -0.39 is 0 Å². The van der Waals surface area contributed by atoms with Crippen molar-refractivity contribution in [2.45, 2.75) is 32.9 Å². The van der Waals surface area contributed by atoms with Crippen LogP contribution in [0.15, 0.2) is 25.1 Å². The highest BCUT2D eigenvalue weighted by Gasteiger charge is 2.19. The van der Waals surface area contributed by atoms with Crippen molar-refractivity contribution in [1.29, 1.82) is 0 Å². The van der Waals surface area contributed by atoms with E-state index in [-0.39, 0.29) is 0 Å². The van der Waals surface area contributed by atoms with Crippen LogP contribution in [0.1, 0.15) is 26.7 Å². The zero-order valence-electron chi connectivity index (χ0n) is 8.74. The minimum Gasteiger partial charge on any atom is -0.356 e. The first-order valence-electron chi connectivity index (χ1n) is 5.10. The van der Waals surface area contributed by atoms with Gasteiger partial charge in [-0.2, -0.15) is 0 Å². The lowest BCUT2D eigenvalue weighted by molar-refractivity contribution is 0.180. The van der Waals surface area contributed by atoms with Crippen LogP contribution in [0.3, 0.4) is 0 Å². The van der Waals surface area contributed by atoms with E-state index in [9.17, 15) is 0 Å². The highest BCUT2D eigenvalue weighted by Crippen LogP contribution is 2.15. The van der Waals surface area contributed by atoms with Gasteiger partial charge in [0.05, 0.1) is 6.17 Å². The van der Waals surface area contributed by atoms with Gasteiger partial charge in [-0.1, -0.05) is 19.4 Å². The van der Waals surface area contributed by atoms with E-state index in [4.69, 9.17) is 0 Å². The molecule has 2 heteroatoms. The second kappa shape index (κ2) is 4.95. The minimum atomic E-state index is 0.504. The van der Waals surface area contributed by atoms with Gasteiger partial charge in [-0.15, -0.1) is 6.58 Å². The Hall–Kier alpha value is -0.920. The lowest BCUT2D eigenvalue weighted by Gasteiger charge is -2.28. The van der Waals surface area contributed by atoms with Crippen LogP contribution >= 0.6 is 0 Å². The third kappa shape index (κ3) is 2.51. The zero-order chi connectivity index (χ0) is 9.68. The van der Waals surface area contributed by atoms with Gasteiger partial charge in [0.2, 0.25) is 0 Å². The van der Waals surface area contributed by atoms with Gasteiger partial charge in [0.15, 0.2) is 0 Å². The molecule has 0 bridgehead atoms. The average molecular weight is 180 g/mol. The number of nitrogens with zero attached hydrogens (tertiary/aromatic N) is 2. The molecule has 1 aliphatic heterocycles. The maximum Gasteiger partial charge on any atom is 0.0980 e. The molecule has 0 saturated carbocycles. The van der Waals surface area contributed by atoms with Crippen molar-refractivity contribution in [3.8, 4) is 0 Å². The summed E-state index contributed by atoms with van der Waals surface area (Å²) in [4.78, 5) is 4.68. The van der Waals surface area contributed by atoms with Crippen LogP contribution in [0, 0.1) is 0 Å². The molecule has 0 radical (unpaired) electrons. The van der Waals surface area contributed by atoms with E-state index in [0.29, 0.717) is 6.17 Å². The van der Waals surface area contributed by atoms with Gasteiger partial charge in [0.1, 0.15) is 0 Å². The maximum absolute atomic E-state index is 3.75. The summed E-state index contributed by atoms with van der Waals surface area (Å²) >= 11 is 0. The Kier molecular flexibility index (Phi) is 3.87. The number of hydrogen-bond acceptors (Lipinski definition) is 2. The predicted octanol–water partition coefficient (Wildman–Crippen LogP) is 2.41. The molecule has 0 aromatic rings. The Morgan fingerprint density at radius 3 is 2.69 bits per heavy atom. The summed E-state index contributed by atoms with van der Waals surface area (Å²) in [6.45, 7) is 10.3. The first kappa shape index (κ1) is 10.2. The summed E-state index contributed by atoms with van der Waals surface area (Å²) in [5.74, 6) is 0. The summed E-state index contributed by atoms with van der Waals surface area (Å²) in [5, 5.41) is 0. The monoisotopic (exact) mass is 180 g/mol. The van der Waals surface area contributed by atoms with Crippen molar-refractivity contribution in [3.63, 3.8) is 0 Å². The summed E-state index contributed by atoms with van der Waals surface area (Å²) in [6, 6.07) is 0. The Morgan fingerprint density at radius 1 is 1.38 bits per heavy atom. The summed E-state index contributed by atoms with van der Waals surface area (Å²) in [6.07, 6.45) is 9.33. The van der Waals surface area contributed by atoms with Crippen molar-refractivity contribution in [2.24, 2.45) is 0 Å². The van der Waals surface area contributed by atoms with E-state index in [0.717, 1.165) is 6.54 Å². The van der Waals surface area contributed by atoms with Crippen LogP contribution in [-0.4, -0.2) is 29.1 Å². The van der Waals surface area contributed by atoms with Gasteiger partial charge in [-0.05, 0) is 13.3 Å². The molecule has 2 nitrogen and oxygen atoms in total. The molecular formula is C11H20N2. The second-order valence-corrected chi connectivity index (χ2v) is 3.51. The molecule has 0 aromatic heterocycles. The predicted molar refractivity (Wildman–Crippen MR) is 57.1 cm³/mol. The first-order valence-corrected chi connectivity index (χ1v) is 5.10. The van der Waals surface area contributed by atoms with Gasteiger partial charge >= 0.3 is 0 Å². The third-order valence-electron chi connectivity index (χ3n) is 2.52. The summed E-state index contributed by atoms with van der Waals surface area (Å²) in [7, 11) is 0. The van der Waals surface area contributed by atoms with Crippen molar-refractivity contribution in [3.05, 3.63) is 25.1 Å². The van der Waals surface area contributed by atoms with Crippen LogP contribution < -0.4 is 0 Å². The minimum absolute atomic E-state index is 0.504. The van der Waals surface area contributed by atoms with Crippen molar-refractivity contribution in [2.75, 3.05) is 13.1 Å². The second-order valence-electron chi connectivity index (χ2n) is 3.51. The van der Waals surface area contributed by atoms with E-state index >= 15 is 0 Å². The zero-order valence-corrected chi connectivity index (χ0v) is 8.74. The molecular weight excluding hydrogens is 160 g/mol. The maximum atomic E-state index is 3.75. The molecule has 0 aromatic carbocycles. The van der Waals surface area contributed by atoms with Gasteiger partial charge in [0, 0.05) is 25.5 Å². The highest BCUT2D eigenvalue weighted by molar-refractivity contribution is 4.97. The number of rotatable bonds is 5. The third-order valence-corrected chi connectivity index (χ3v) is 2.52. The molecule has 1 unspecified atom stereocenters. The molecule has 1 heterocycles. The fraction of sp³-hybridized carbons (Fsp3) is 0.636. The first-order chi connectivity index (χ1) is 6.29. The molecule has 74 valence electrons. The molecule has 1 atom stereocenters. The highest BCUT2D eigenvalue weighted by atomic mass is 15.4. The lowest BCUT2D eigenvalue weighted by atomic mass is 10.3. The van der Waals surface area contributed by atoms with Gasteiger partial charge in [-0.25, -0.2) is 0 Å². The Labute approximate surface area is 81.5 Å². The fourth-order valence-electron chi connectivity index (χ4n) is 1.58. The van der Waals surface area contributed by atoms with E-state index in [1.807, 2.05) is 6.08 Å². The Bertz CT molecular complexity index is 187. The Morgan fingerprint density at radius 2 is 2.08 bits per heavy atom. The standard InChI is InChI=1S/C11H20N2/c1-4-6-8-13-10-9-12(7-5-2)11(13)3/h5,9-11H,2,4,6-8H2,1,3H3. The van der Waals surface area contributed by atoms with Crippen LogP contribution in [0.5, 0.6) is 0 Å². The van der Waals surface area contributed by atoms with E-state index in [2.05, 4.69) is 42.6 Å². The normalized spacial score (nSPS) is 21.2. The molecule has 1 rings (SSSR count). The van der Waals surface area contributed by atoms with Crippen molar-refractivity contribution >= 4 is 0 Å². The van der Waals surface area contributed by atoms with Crippen LogP contribution in [0.2, 0.25) is 0 Å². The van der Waals surface area contributed by atoms with Crippen molar-refractivity contribution in [1.82, 2.24) is 9.80 Å². The SMILES string of the molecule is C=CCN1C=CN(CCCC)C1C. The van der Waals surface area contributed by atoms with Gasteiger partial charge in [-0.3, -0.25) is 0 Å². The molecule has 13 heavy (non-hydrogen) atoms. The quantitative estimate of drug-likeness (QED) is 0.599.